The number of methoxy groups -OCH3 is 2. The largest absolute Gasteiger partial charge is 0.497 e. The topological polar surface area (TPSA) is 120 Å². The lowest BCUT2D eigenvalue weighted by Gasteiger charge is -2.11. The maximum Gasteiger partial charge on any atom is 0.262 e. The molecule has 3 aromatic carbocycles. The fraction of sp³-hybridized carbons (Fsp3) is 0.200. The minimum Gasteiger partial charge on any atom is -0.497 e. The molecule has 0 bridgehead atoms. The second-order valence-corrected chi connectivity index (χ2v) is 10.3. The van der Waals surface area contributed by atoms with E-state index < -0.39 is 10.0 Å². The number of thioether (sulfide) groups is 1. The number of anilines is 1. The lowest BCUT2D eigenvalue weighted by molar-refractivity contribution is -0.118. The molecular weight excluding hydrogens is 502 g/mol. The summed E-state index contributed by atoms with van der Waals surface area (Å²) < 4.78 is 44.3. The number of nitrogens with zero attached hydrogens (tertiary/aromatic N) is 1. The summed E-state index contributed by atoms with van der Waals surface area (Å²) in [6, 6.07) is 18.8. The normalized spacial score (nSPS) is 11.3. The van der Waals surface area contributed by atoms with Crippen LogP contribution in [0.15, 0.2) is 81.3 Å². The van der Waals surface area contributed by atoms with Crippen LogP contribution in [0, 0.1) is 0 Å². The molecule has 11 heteroatoms. The van der Waals surface area contributed by atoms with E-state index in [4.69, 9.17) is 13.9 Å². The van der Waals surface area contributed by atoms with Gasteiger partial charge < -0.3 is 19.2 Å². The van der Waals surface area contributed by atoms with Gasteiger partial charge in [-0.25, -0.2) is 13.4 Å². The minimum atomic E-state index is -3.88. The molecule has 0 spiro atoms. The molecule has 0 unspecified atom stereocenters. The average Bonchev–Trinajstić information content (AvgIpc) is 3.30. The quantitative estimate of drug-likeness (QED) is 0.280. The highest BCUT2D eigenvalue weighted by atomic mass is 32.2. The Kier molecular flexibility index (Phi) is 8.01. The number of hydrogen-bond donors (Lipinski definition) is 2. The van der Waals surface area contributed by atoms with E-state index in [9.17, 15) is 13.2 Å². The van der Waals surface area contributed by atoms with Crippen LogP contribution < -0.4 is 19.5 Å². The second-order valence-electron chi connectivity index (χ2n) is 7.65. The van der Waals surface area contributed by atoms with Crippen LogP contribution in [0.5, 0.6) is 11.5 Å². The summed E-state index contributed by atoms with van der Waals surface area (Å²) >= 11 is 1.14. The van der Waals surface area contributed by atoms with Crippen molar-refractivity contribution in [3.8, 4) is 11.5 Å². The molecule has 0 aliphatic carbocycles. The maximum absolute atomic E-state index is 12.9. The third kappa shape index (κ3) is 6.29. The molecule has 0 radical (unpaired) electrons. The highest BCUT2D eigenvalue weighted by Gasteiger charge is 2.19. The Morgan fingerprint density at radius 2 is 1.81 bits per heavy atom. The monoisotopic (exact) mass is 527 g/mol. The van der Waals surface area contributed by atoms with Gasteiger partial charge in [0.1, 0.15) is 17.0 Å². The number of aromatic nitrogens is 1. The van der Waals surface area contributed by atoms with E-state index in [0.29, 0.717) is 35.5 Å². The Morgan fingerprint density at radius 3 is 2.56 bits per heavy atom. The Morgan fingerprint density at radius 1 is 1.03 bits per heavy atom. The van der Waals surface area contributed by atoms with Crippen molar-refractivity contribution < 1.29 is 27.1 Å². The molecule has 0 saturated carbocycles. The SMILES string of the molecule is COc1ccc(CCNC(=O)CSc2nc3cc(S(=O)(=O)Nc4ccccc4OC)ccc3o2)cc1. The van der Waals surface area contributed by atoms with E-state index >= 15 is 0 Å². The third-order valence-electron chi connectivity index (χ3n) is 5.22. The summed E-state index contributed by atoms with van der Waals surface area (Å²) in [6.45, 7) is 0.500. The number of carbonyl (C=O) groups excluding carboxylic acids is 1. The summed E-state index contributed by atoms with van der Waals surface area (Å²) in [6.07, 6.45) is 0.698. The predicted octanol–water partition coefficient (Wildman–Crippen LogP) is 4.10. The van der Waals surface area contributed by atoms with Crippen LogP contribution in [0.4, 0.5) is 5.69 Å². The van der Waals surface area contributed by atoms with Gasteiger partial charge in [0.25, 0.3) is 15.2 Å². The number of nitrogens with one attached hydrogen (secondary N) is 2. The van der Waals surface area contributed by atoms with Crippen molar-refractivity contribution in [2.75, 3.05) is 31.2 Å². The minimum absolute atomic E-state index is 0.0297. The molecule has 36 heavy (non-hydrogen) atoms. The molecule has 4 rings (SSSR count). The number of ether oxygens (including phenoxy) is 2. The third-order valence-corrected chi connectivity index (χ3v) is 7.41. The Hall–Kier alpha value is -3.70. The highest BCUT2D eigenvalue weighted by molar-refractivity contribution is 7.99. The number of benzene rings is 3. The maximum atomic E-state index is 12.9. The molecule has 9 nitrogen and oxygen atoms in total. The van der Waals surface area contributed by atoms with Crippen LogP contribution in [0.25, 0.3) is 11.1 Å². The molecule has 4 aromatic rings. The van der Waals surface area contributed by atoms with Gasteiger partial charge in [0.05, 0.1) is 30.6 Å². The first-order chi connectivity index (χ1) is 17.4. The van der Waals surface area contributed by atoms with Crippen LogP contribution >= 0.6 is 11.8 Å². The number of rotatable bonds is 11. The van der Waals surface area contributed by atoms with Gasteiger partial charge in [0.15, 0.2) is 5.58 Å². The summed E-state index contributed by atoms with van der Waals surface area (Å²) in [4.78, 5) is 16.6. The van der Waals surface area contributed by atoms with Crippen molar-refractivity contribution in [1.29, 1.82) is 0 Å². The molecule has 0 saturated heterocycles. The number of fused-ring (bicyclic) bond motifs is 1. The van der Waals surface area contributed by atoms with E-state index in [0.717, 1.165) is 23.1 Å². The van der Waals surface area contributed by atoms with Crippen molar-refractivity contribution >= 4 is 44.5 Å². The molecular formula is C25H25N3O6S2. The molecule has 1 aromatic heterocycles. The number of carbonyl (C=O) groups is 1. The summed E-state index contributed by atoms with van der Waals surface area (Å²) in [7, 11) is -0.797. The van der Waals surface area contributed by atoms with Crippen LogP contribution in [0.1, 0.15) is 5.56 Å². The highest BCUT2D eigenvalue weighted by Crippen LogP contribution is 2.29. The molecule has 188 valence electrons. The fourth-order valence-corrected chi connectivity index (χ4v) is 5.12. The van der Waals surface area contributed by atoms with Gasteiger partial charge >= 0.3 is 0 Å². The zero-order chi connectivity index (χ0) is 25.5. The molecule has 0 atom stereocenters. The van der Waals surface area contributed by atoms with Gasteiger partial charge in [-0.1, -0.05) is 36.0 Å². The Balaban J connectivity index is 1.34. The van der Waals surface area contributed by atoms with Crippen LogP contribution in [-0.2, 0) is 21.2 Å². The molecule has 0 aliphatic heterocycles. The van der Waals surface area contributed by atoms with Gasteiger partial charge in [-0.15, -0.1) is 0 Å². The molecule has 0 fully saturated rings. The number of sulfonamides is 1. The first kappa shape index (κ1) is 25.4. The van der Waals surface area contributed by atoms with E-state index in [1.807, 2.05) is 24.3 Å². The number of para-hydroxylation sites is 2. The van der Waals surface area contributed by atoms with Crippen molar-refractivity contribution in [2.24, 2.45) is 0 Å². The van der Waals surface area contributed by atoms with Gasteiger partial charge in [-0.05, 0) is 54.4 Å². The molecule has 1 heterocycles. The van der Waals surface area contributed by atoms with Gasteiger partial charge in [-0.2, -0.15) is 0 Å². The standard InChI is InChI=1S/C25H25N3O6S2/c1-32-18-9-7-17(8-10-18)13-14-26-24(29)16-35-25-27-21-15-19(11-12-23(21)34-25)36(30,31)28-20-5-3-4-6-22(20)33-2/h3-12,15,28H,13-14,16H2,1-2H3,(H,26,29). The van der Waals surface area contributed by atoms with Crippen LogP contribution in [-0.4, -0.2) is 45.8 Å². The molecule has 1 amide bonds. The first-order valence-electron chi connectivity index (χ1n) is 11.0. The zero-order valence-corrected chi connectivity index (χ0v) is 21.3. The van der Waals surface area contributed by atoms with Crippen molar-refractivity contribution in [2.45, 2.75) is 16.5 Å². The van der Waals surface area contributed by atoms with Crippen molar-refractivity contribution in [3.63, 3.8) is 0 Å². The Labute approximate surface area is 213 Å². The average molecular weight is 528 g/mol. The summed E-state index contributed by atoms with van der Waals surface area (Å²) in [5.74, 6) is 1.16. The Bertz CT molecular complexity index is 1450. The number of oxazole rings is 1. The second kappa shape index (κ2) is 11.4. The zero-order valence-electron chi connectivity index (χ0n) is 19.7. The summed E-state index contributed by atoms with van der Waals surface area (Å²) in [5.41, 5.74) is 2.22. The fourth-order valence-electron chi connectivity index (χ4n) is 3.36. The van der Waals surface area contributed by atoms with Gasteiger partial charge in [-0.3, -0.25) is 9.52 Å². The van der Waals surface area contributed by atoms with E-state index in [1.54, 1.807) is 31.4 Å². The predicted molar refractivity (Wildman–Crippen MR) is 138 cm³/mol. The van der Waals surface area contributed by atoms with E-state index in [-0.39, 0.29) is 21.8 Å². The van der Waals surface area contributed by atoms with Gasteiger partial charge in [0.2, 0.25) is 5.91 Å². The lowest BCUT2D eigenvalue weighted by atomic mass is 10.1. The number of hydrogen-bond acceptors (Lipinski definition) is 8. The van der Waals surface area contributed by atoms with Gasteiger partial charge in [0, 0.05) is 6.54 Å². The van der Waals surface area contributed by atoms with Crippen LogP contribution in [0.3, 0.4) is 0 Å². The van der Waals surface area contributed by atoms with Crippen LogP contribution in [0.2, 0.25) is 0 Å². The van der Waals surface area contributed by atoms with E-state index in [1.165, 1.54) is 25.3 Å². The summed E-state index contributed by atoms with van der Waals surface area (Å²) in [5, 5.41) is 3.15. The first-order valence-corrected chi connectivity index (χ1v) is 13.4. The smallest absolute Gasteiger partial charge is 0.262 e. The molecule has 0 aliphatic rings. The van der Waals surface area contributed by atoms with Crippen molar-refractivity contribution in [1.82, 2.24) is 10.3 Å². The van der Waals surface area contributed by atoms with Crippen molar-refractivity contribution in [3.05, 3.63) is 72.3 Å². The van der Waals surface area contributed by atoms with E-state index in [2.05, 4.69) is 15.0 Å². The lowest BCUT2D eigenvalue weighted by Crippen LogP contribution is -2.27. The molecule has 2 N–H and O–H groups in total. The number of amides is 1.